The predicted octanol–water partition coefficient (Wildman–Crippen LogP) is 1.77. The summed E-state index contributed by atoms with van der Waals surface area (Å²) in [5, 5.41) is 13.7. The van der Waals surface area contributed by atoms with Gasteiger partial charge in [0.25, 0.3) is 0 Å². The van der Waals surface area contributed by atoms with Gasteiger partial charge in [0, 0.05) is 13.1 Å². The summed E-state index contributed by atoms with van der Waals surface area (Å²) in [5.41, 5.74) is 0.609. The Bertz CT molecular complexity index is 645. The van der Waals surface area contributed by atoms with Crippen molar-refractivity contribution in [3.05, 3.63) is 47.8 Å². The first-order chi connectivity index (χ1) is 11.0. The fraction of sp³-hybridized carbons (Fsp3) is 0.312. The molecule has 0 aliphatic carbocycles. The van der Waals surface area contributed by atoms with Crippen LogP contribution in [0.4, 0.5) is 16.0 Å². The Kier molecular flexibility index (Phi) is 5.99. The molecule has 0 saturated heterocycles. The summed E-state index contributed by atoms with van der Waals surface area (Å²) >= 11 is 0. The number of anilines is 2. The SMILES string of the molecule is CN(C)CCNc1ccc(NC(=O)Cc2cccc(F)c2)nn1. The van der Waals surface area contributed by atoms with Crippen molar-refractivity contribution < 1.29 is 9.18 Å². The molecule has 2 aromatic rings. The number of amides is 1. The Morgan fingerprint density at radius 3 is 2.57 bits per heavy atom. The Morgan fingerprint density at radius 1 is 1.17 bits per heavy atom. The lowest BCUT2D eigenvalue weighted by atomic mass is 10.1. The lowest BCUT2D eigenvalue weighted by molar-refractivity contribution is -0.115. The highest BCUT2D eigenvalue weighted by Crippen LogP contribution is 2.08. The van der Waals surface area contributed by atoms with Crippen LogP contribution in [-0.2, 0) is 11.2 Å². The van der Waals surface area contributed by atoms with Gasteiger partial charge in [-0.2, -0.15) is 0 Å². The van der Waals surface area contributed by atoms with E-state index in [1.807, 2.05) is 14.1 Å². The van der Waals surface area contributed by atoms with Crippen molar-refractivity contribution in [1.82, 2.24) is 15.1 Å². The van der Waals surface area contributed by atoms with E-state index in [9.17, 15) is 9.18 Å². The van der Waals surface area contributed by atoms with E-state index >= 15 is 0 Å². The summed E-state index contributed by atoms with van der Waals surface area (Å²) in [6, 6.07) is 9.38. The zero-order valence-electron chi connectivity index (χ0n) is 13.2. The van der Waals surface area contributed by atoms with Crippen LogP contribution in [-0.4, -0.2) is 48.2 Å². The number of hydrogen-bond donors (Lipinski definition) is 2. The number of carbonyl (C=O) groups excluding carboxylic acids is 1. The number of nitrogens with one attached hydrogen (secondary N) is 2. The zero-order chi connectivity index (χ0) is 16.7. The van der Waals surface area contributed by atoms with Gasteiger partial charge in [-0.15, -0.1) is 10.2 Å². The van der Waals surface area contributed by atoms with Gasteiger partial charge >= 0.3 is 0 Å². The molecule has 0 aliphatic heterocycles. The molecular formula is C16H20FN5O. The number of halogens is 1. The number of rotatable bonds is 7. The van der Waals surface area contributed by atoms with Crippen molar-refractivity contribution in [1.29, 1.82) is 0 Å². The van der Waals surface area contributed by atoms with Gasteiger partial charge < -0.3 is 15.5 Å². The highest BCUT2D eigenvalue weighted by atomic mass is 19.1. The molecule has 0 atom stereocenters. The van der Waals surface area contributed by atoms with Crippen molar-refractivity contribution in [3.8, 4) is 0 Å². The summed E-state index contributed by atoms with van der Waals surface area (Å²) in [6.45, 7) is 1.64. The summed E-state index contributed by atoms with van der Waals surface area (Å²) in [4.78, 5) is 14.0. The van der Waals surface area contributed by atoms with Crippen LogP contribution >= 0.6 is 0 Å². The van der Waals surface area contributed by atoms with E-state index in [0.717, 1.165) is 13.1 Å². The molecule has 1 aromatic carbocycles. The smallest absolute Gasteiger partial charge is 0.229 e. The average Bonchev–Trinajstić information content (AvgIpc) is 2.48. The van der Waals surface area contributed by atoms with Gasteiger partial charge in [-0.3, -0.25) is 4.79 Å². The van der Waals surface area contributed by atoms with E-state index in [-0.39, 0.29) is 18.1 Å². The van der Waals surface area contributed by atoms with Crippen molar-refractivity contribution in [2.24, 2.45) is 0 Å². The third-order valence-corrected chi connectivity index (χ3v) is 3.05. The third-order valence-electron chi connectivity index (χ3n) is 3.05. The molecule has 1 amide bonds. The minimum absolute atomic E-state index is 0.0856. The maximum absolute atomic E-state index is 13.1. The first kappa shape index (κ1) is 16.8. The van der Waals surface area contributed by atoms with Crippen LogP contribution in [0.1, 0.15) is 5.56 Å². The van der Waals surface area contributed by atoms with Crippen LogP contribution in [0, 0.1) is 5.82 Å². The van der Waals surface area contributed by atoms with Crippen molar-refractivity contribution >= 4 is 17.5 Å². The van der Waals surface area contributed by atoms with Crippen LogP contribution < -0.4 is 10.6 Å². The second-order valence-electron chi connectivity index (χ2n) is 5.39. The molecule has 0 unspecified atom stereocenters. The minimum Gasteiger partial charge on any atom is -0.367 e. The molecule has 6 nitrogen and oxygen atoms in total. The van der Waals surface area contributed by atoms with Gasteiger partial charge in [-0.1, -0.05) is 12.1 Å². The van der Waals surface area contributed by atoms with Crippen molar-refractivity contribution in [2.75, 3.05) is 37.8 Å². The molecular weight excluding hydrogens is 297 g/mol. The number of aromatic nitrogens is 2. The third kappa shape index (κ3) is 5.99. The summed E-state index contributed by atoms with van der Waals surface area (Å²) in [7, 11) is 3.98. The number of nitrogens with zero attached hydrogens (tertiary/aromatic N) is 3. The molecule has 122 valence electrons. The number of hydrogen-bond acceptors (Lipinski definition) is 5. The second kappa shape index (κ2) is 8.19. The van der Waals surface area contributed by atoms with Crippen LogP contribution in [0.3, 0.4) is 0 Å². The Balaban J connectivity index is 1.84. The maximum Gasteiger partial charge on any atom is 0.229 e. The van der Waals surface area contributed by atoms with E-state index < -0.39 is 0 Å². The molecule has 0 fully saturated rings. The Morgan fingerprint density at radius 2 is 1.91 bits per heavy atom. The van der Waals surface area contributed by atoms with E-state index in [0.29, 0.717) is 17.2 Å². The normalized spacial score (nSPS) is 10.6. The number of benzene rings is 1. The van der Waals surface area contributed by atoms with Crippen LogP contribution in [0.2, 0.25) is 0 Å². The predicted molar refractivity (Wildman–Crippen MR) is 87.8 cm³/mol. The van der Waals surface area contributed by atoms with E-state index in [1.54, 1.807) is 24.3 Å². The molecule has 0 bridgehead atoms. The van der Waals surface area contributed by atoms with Gasteiger partial charge in [-0.05, 0) is 43.9 Å². The maximum atomic E-state index is 13.1. The fourth-order valence-corrected chi connectivity index (χ4v) is 1.92. The lowest BCUT2D eigenvalue weighted by Gasteiger charge is -2.10. The molecule has 0 radical (unpaired) electrons. The highest BCUT2D eigenvalue weighted by Gasteiger charge is 2.06. The van der Waals surface area contributed by atoms with Crippen LogP contribution in [0.15, 0.2) is 36.4 Å². The van der Waals surface area contributed by atoms with Gasteiger partial charge in [0.1, 0.15) is 11.6 Å². The minimum atomic E-state index is -0.358. The van der Waals surface area contributed by atoms with Gasteiger partial charge in [0.2, 0.25) is 5.91 Å². The van der Waals surface area contributed by atoms with Crippen LogP contribution in [0.25, 0.3) is 0 Å². The molecule has 7 heteroatoms. The molecule has 0 aliphatic rings. The average molecular weight is 317 g/mol. The van der Waals surface area contributed by atoms with Gasteiger partial charge in [0.05, 0.1) is 6.42 Å². The molecule has 0 saturated carbocycles. The van der Waals surface area contributed by atoms with Gasteiger partial charge in [0.15, 0.2) is 5.82 Å². The quantitative estimate of drug-likeness (QED) is 0.814. The van der Waals surface area contributed by atoms with E-state index in [1.165, 1.54) is 12.1 Å². The van der Waals surface area contributed by atoms with Gasteiger partial charge in [-0.25, -0.2) is 4.39 Å². The first-order valence-corrected chi connectivity index (χ1v) is 7.29. The second-order valence-corrected chi connectivity index (χ2v) is 5.39. The Labute approximate surface area is 134 Å². The number of carbonyl (C=O) groups is 1. The molecule has 1 heterocycles. The largest absolute Gasteiger partial charge is 0.367 e. The molecule has 0 spiro atoms. The first-order valence-electron chi connectivity index (χ1n) is 7.29. The van der Waals surface area contributed by atoms with Crippen molar-refractivity contribution in [2.45, 2.75) is 6.42 Å². The molecule has 2 rings (SSSR count). The molecule has 2 N–H and O–H groups in total. The monoisotopic (exact) mass is 317 g/mol. The van der Waals surface area contributed by atoms with E-state index in [4.69, 9.17) is 0 Å². The summed E-state index contributed by atoms with van der Waals surface area (Å²) in [5.74, 6) is 0.390. The van der Waals surface area contributed by atoms with Crippen LogP contribution in [0.5, 0.6) is 0 Å². The standard InChI is InChI=1S/C16H20FN5O/c1-22(2)9-8-18-14-6-7-15(21-20-14)19-16(23)11-12-4-3-5-13(17)10-12/h3-7,10H,8-9,11H2,1-2H3,(H,18,20)(H,19,21,23). The topological polar surface area (TPSA) is 70.2 Å². The molecule has 1 aromatic heterocycles. The fourth-order valence-electron chi connectivity index (χ4n) is 1.92. The van der Waals surface area contributed by atoms with Crippen molar-refractivity contribution in [3.63, 3.8) is 0 Å². The number of likely N-dealkylation sites (N-methyl/N-ethyl adjacent to an activating group) is 1. The Hall–Kier alpha value is -2.54. The lowest BCUT2D eigenvalue weighted by Crippen LogP contribution is -2.21. The summed E-state index contributed by atoms with van der Waals surface area (Å²) < 4.78 is 13.1. The zero-order valence-corrected chi connectivity index (χ0v) is 13.2. The molecule has 23 heavy (non-hydrogen) atoms. The highest BCUT2D eigenvalue weighted by molar-refractivity contribution is 5.91. The van der Waals surface area contributed by atoms with E-state index in [2.05, 4.69) is 25.7 Å². The summed E-state index contributed by atoms with van der Waals surface area (Å²) in [6.07, 6.45) is 0.0856.